The highest BCUT2D eigenvalue weighted by Crippen LogP contribution is 2.23. The van der Waals surface area contributed by atoms with E-state index in [2.05, 4.69) is 10.4 Å². The van der Waals surface area contributed by atoms with Crippen LogP contribution in [0.1, 0.15) is 17.5 Å². The van der Waals surface area contributed by atoms with Crippen LogP contribution in [0.5, 0.6) is 0 Å². The fourth-order valence-corrected chi connectivity index (χ4v) is 2.97. The molecule has 0 spiro atoms. The first-order chi connectivity index (χ1) is 7.13. The molecule has 0 aliphatic carbocycles. The van der Waals surface area contributed by atoms with Gasteiger partial charge < -0.3 is 0 Å². The third-order valence-electron chi connectivity index (χ3n) is 2.53. The predicted octanol–water partition coefficient (Wildman–Crippen LogP) is 2.37. The molecule has 0 amide bonds. The summed E-state index contributed by atoms with van der Waals surface area (Å²) in [5.74, 6) is 1.43. The molecule has 1 aliphatic heterocycles. The van der Waals surface area contributed by atoms with E-state index < -0.39 is 9.73 Å². The van der Waals surface area contributed by atoms with E-state index >= 15 is 0 Å². The van der Waals surface area contributed by atoms with Gasteiger partial charge in [-0.1, -0.05) is 0 Å². The van der Waals surface area contributed by atoms with E-state index in [1.165, 1.54) is 0 Å². The first kappa shape index (κ1) is 10.2. The Morgan fingerprint density at radius 2 is 2.20 bits per heavy atom. The lowest BCUT2D eigenvalue weighted by atomic mass is 10.1. The molecule has 3 nitrogen and oxygen atoms in total. The van der Waals surface area contributed by atoms with Gasteiger partial charge in [0.1, 0.15) is 0 Å². The molecule has 0 aromatic heterocycles. The topological polar surface area (TPSA) is 53.2 Å². The Morgan fingerprint density at radius 3 is 2.67 bits per heavy atom. The van der Waals surface area contributed by atoms with Crippen LogP contribution in [0.25, 0.3) is 0 Å². The summed E-state index contributed by atoms with van der Waals surface area (Å²) < 4.78 is 16.1. The van der Waals surface area contributed by atoms with E-state index in [4.69, 9.17) is 5.26 Å². The van der Waals surface area contributed by atoms with Gasteiger partial charge in [0.05, 0.1) is 27.0 Å². The molecule has 1 aromatic carbocycles. The Bertz CT molecular complexity index is 538. The standard InChI is InChI=1S/C11H12N2OS/c1-9-7-11(4-3-10(9)8-12)13-15(14)5-2-6-15/h3-4,7H,2,5-6H2,1H3. The zero-order valence-corrected chi connectivity index (χ0v) is 9.38. The van der Waals surface area contributed by atoms with Crippen molar-refractivity contribution in [2.24, 2.45) is 4.36 Å². The van der Waals surface area contributed by atoms with Crippen molar-refractivity contribution < 1.29 is 4.21 Å². The average Bonchev–Trinajstić information content (AvgIpc) is 2.16. The molecule has 1 aromatic rings. The molecular formula is C11H12N2OS. The third-order valence-corrected chi connectivity index (χ3v) is 4.93. The molecule has 0 saturated carbocycles. The van der Waals surface area contributed by atoms with Crippen LogP contribution in [0.4, 0.5) is 5.69 Å². The van der Waals surface area contributed by atoms with Gasteiger partial charge in [0, 0.05) is 11.5 Å². The van der Waals surface area contributed by atoms with Crippen LogP contribution in [0, 0.1) is 18.3 Å². The summed E-state index contributed by atoms with van der Waals surface area (Å²) in [4.78, 5) is 0. The summed E-state index contributed by atoms with van der Waals surface area (Å²) in [5.41, 5.74) is 2.27. The largest absolute Gasteiger partial charge is 0.249 e. The van der Waals surface area contributed by atoms with Gasteiger partial charge in [-0.2, -0.15) is 9.62 Å². The third kappa shape index (κ3) is 2.02. The highest BCUT2D eigenvalue weighted by Gasteiger charge is 2.19. The number of nitrogens with zero attached hydrogens (tertiary/aromatic N) is 2. The maximum Gasteiger partial charge on any atom is 0.0994 e. The average molecular weight is 220 g/mol. The van der Waals surface area contributed by atoms with Gasteiger partial charge in [0.25, 0.3) is 0 Å². The first-order valence-corrected chi connectivity index (χ1v) is 6.72. The number of rotatable bonds is 1. The van der Waals surface area contributed by atoms with Gasteiger partial charge in [-0.05, 0) is 37.1 Å². The van der Waals surface area contributed by atoms with Crippen molar-refractivity contribution >= 4 is 15.4 Å². The molecule has 1 saturated heterocycles. The molecule has 0 unspecified atom stereocenters. The van der Waals surface area contributed by atoms with Crippen molar-refractivity contribution in [3.8, 4) is 6.07 Å². The molecule has 4 heteroatoms. The molecule has 1 aliphatic rings. The molecule has 0 bridgehead atoms. The normalized spacial score (nSPS) is 17.6. The molecule has 78 valence electrons. The minimum Gasteiger partial charge on any atom is -0.249 e. The fourth-order valence-electron chi connectivity index (χ4n) is 1.50. The first-order valence-electron chi connectivity index (χ1n) is 4.86. The number of benzene rings is 1. The minimum atomic E-state index is -1.94. The molecule has 1 fully saturated rings. The minimum absolute atomic E-state index is 0.650. The van der Waals surface area contributed by atoms with E-state index in [0.29, 0.717) is 17.1 Å². The Balaban J connectivity index is 2.40. The zero-order valence-electron chi connectivity index (χ0n) is 8.56. The van der Waals surface area contributed by atoms with Crippen LogP contribution in [0.2, 0.25) is 0 Å². The Kier molecular flexibility index (Phi) is 2.49. The maximum atomic E-state index is 11.8. The second-order valence-corrected chi connectivity index (χ2v) is 6.28. The van der Waals surface area contributed by atoms with E-state index in [1.807, 2.05) is 13.0 Å². The van der Waals surface area contributed by atoms with Gasteiger partial charge in [0.2, 0.25) is 0 Å². The van der Waals surface area contributed by atoms with E-state index in [9.17, 15) is 4.21 Å². The summed E-state index contributed by atoms with van der Waals surface area (Å²) in [6.45, 7) is 1.87. The fraction of sp³-hybridized carbons (Fsp3) is 0.364. The van der Waals surface area contributed by atoms with Gasteiger partial charge >= 0.3 is 0 Å². The van der Waals surface area contributed by atoms with Gasteiger partial charge in [-0.3, -0.25) is 0 Å². The Hall–Kier alpha value is -1.34. The monoisotopic (exact) mass is 220 g/mol. The SMILES string of the molecule is Cc1cc(N=S2(=O)CCC2)ccc1C#N. The van der Waals surface area contributed by atoms with E-state index in [0.717, 1.165) is 17.7 Å². The molecule has 0 atom stereocenters. The van der Waals surface area contributed by atoms with Crippen molar-refractivity contribution in [2.75, 3.05) is 11.5 Å². The summed E-state index contributed by atoms with van der Waals surface area (Å²) >= 11 is 0. The highest BCUT2D eigenvalue weighted by molar-refractivity contribution is 7.95. The quantitative estimate of drug-likeness (QED) is 0.729. The molecule has 1 heterocycles. The summed E-state index contributed by atoms with van der Waals surface area (Å²) in [6.07, 6.45) is 1.01. The highest BCUT2D eigenvalue weighted by atomic mass is 32.2. The Morgan fingerprint density at radius 1 is 1.47 bits per heavy atom. The molecular weight excluding hydrogens is 208 g/mol. The van der Waals surface area contributed by atoms with Crippen molar-refractivity contribution in [2.45, 2.75) is 13.3 Å². The summed E-state index contributed by atoms with van der Waals surface area (Å²) in [7, 11) is -1.94. The summed E-state index contributed by atoms with van der Waals surface area (Å²) in [6, 6.07) is 7.42. The number of nitriles is 1. The lowest BCUT2D eigenvalue weighted by molar-refractivity contribution is 0.663. The van der Waals surface area contributed by atoms with Crippen LogP contribution in [0.15, 0.2) is 22.6 Å². The second-order valence-electron chi connectivity index (χ2n) is 3.74. The number of aryl methyl sites for hydroxylation is 1. The predicted molar refractivity (Wildman–Crippen MR) is 60.5 cm³/mol. The van der Waals surface area contributed by atoms with Crippen LogP contribution in [-0.4, -0.2) is 15.7 Å². The van der Waals surface area contributed by atoms with Crippen molar-refractivity contribution in [1.29, 1.82) is 5.26 Å². The maximum absolute atomic E-state index is 11.8. The van der Waals surface area contributed by atoms with Gasteiger partial charge in [-0.15, -0.1) is 0 Å². The van der Waals surface area contributed by atoms with E-state index in [1.54, 1.807) is 12.1 Å². The van der Waals surface area contributed by atoms with Gasteiger partial charge in [-0.25, -0.2) is 4.21 Å². The van der Waals surface area contributed by atoms with E-state index in [-0.39, 0.29) is 0 Å². The molecule has 2 rings (SSSR count). The van der Waals surface area contributed by atoms with Crippen LogP contribution >= 0.6 is 0 Å². The van der Waals surface area contributed by atoms with Gasteiger partial charge in [0.15, 0.2) is 0 Å². The van der Waals surface area contributed by atoms with Crippen LogP contribution in [-0.2, 0) is 9.73 Å². The number of hydrogen-bond donors (Lipinski definition) is 0. The zero-order chi connectivity index (χ0) is 10.9. The smallest absolute Gasteiger partial charge is 0.0994 e. The lowest BCUT2D eigenvalue weighted by Crippen LogP contribution is -2.22. The molecule has 0 radical (unpaired) electrons. The van der Waals surface area contributed by atoms with Crippen molar-refractivity contribution in [3.63, 3.8) is 0 Å². The Labute approximate surface area is 89.9 Å². The van der Waals surface area contributed by atoms with Crippen molar-refractivity contribution in [3.05, 3.63) is 29.3 Å². The number of hydrogen-bond acceptors (Lipinski definition) is 3. The second kappa shape index (κ2) is 3.67. The van der Waals surface area contributed by atoms with Crippen molar-refractivity contribution in [1.82, 2.24) is 0 Å². The lowest BCUT2D eigenvalue weighted by Gasteiger charge is -2.17. The molecule has 15 heavy (non-hydrogen) atoms. The summed E-state index contributed by atoms with van der Waals surface area (Å²) in [5, 5.41) is 8.76. The molecule has 0 N–H and O–H groups in total. The van der Waals surface area contributed by atoms with Crippen LogP contribution < -0.4 is 0 Å². The van der Waals surface area contributed by atoms with Crippen LogP contribution in [0.3, 0.4) is 0 Å².